The molecule has 0 fully saturated rings. The molecule has 0 bridgehead atoms. The van der Waals surface area contributed by atoms with Crippen LogP contribution in [0.15, 0.2) is 12.1 Å². The van der Waals surface area contributed by atoms with E-state index in [-0.39, 0.29) is 5.25 Å². The van der Waals surface area contributed by atoms with Gasteiger partial charge in [-0.1, -0.05) is 24.6 Å². The third kappa shape index (κ3) is 3.93. The zero-order valence-corrected chi connectivity index (χ0v) is 12.1. The molecule has 1 aromatic rings. The van der Waals surface area contributed by atoms with Gasteiger partial charge in [-0.3, -0.25) is 4.21 Å². The van der Waals surface area contributed by atoms with Crippen molar-refractivity contribution >= 4 is 10.8 Å². The number of rotatable bonds is 5. The van der Waals surface area contributed by atoms with E-state index in [0.717, 1.165) is 6.42 Å². The standard InChI is InChI=1S/C14H23NOS/c1-10-7-11(2)14(12(3)8-10)9-17(16)13(4)5-6-15/h7-8,13H,5-6,9,15H2,1-4H3. The first-order valence-electron chi connectivity index (χ1n) is 6.09. The molecule has 0 aliphatic heterocycles. The molecule has 0 heterocycles. The number of hydrogen-bond donors (Lipinski definition) is 1. The minimum absolute atomic E-state index is 0.181. The quantitative estimate of drug-likeness (QED) is 0.876. The van der Waals surface area contributed by atoms with Crippen LogP contribution < -0.4 is 5.73 Å². The molecule has 2 unspecified atom stereocenters. The van der Waals surface area contributed by atoms with E-state index >= 15 is 0 Å². The summed E-state index contributed by atoms with van der Waals surface area (Å²) < 4.78 is 12.1. The molecule has 1 rings (SSSR count). The molecule has 0 radical (unpaired) electrons. The lowest BCUT2D eigenvalue weighted by Crippen LogP contribution is -2.18. The second-order valence-corrected chi connectivity index (χ2v) is 6.65. The molecule has 2 atom stereocenters. The highest BCUT2D eigenvalue weighted by Gasteiger charge is 2.13. The van der Waals surface area contributed by atoms with Crippen molar-refractivity contribution in [1.29, 1.82) is 0 Å². The lowest BCUT2D eigenvalue weighted by molar-refractivity contribution is 0.665. The minimum Gasteiger partial charge on any atom is -0.330 e. The smallest absolute Gasteiger partial charge is 0.0493 e. The summed E-state index contributed by atoms with van der Waals surface area (Å²) in [6.07, 6.45) is 0.830. The van der Waals surface area contributed by atoms with Crippen molar-refractivity contribution in [3.63, 3.8) is 0 Å². The number of hydrogen-bond acceptors (Lipinski definition) is 2. The van der Waals surface area contributed by atoms with Crippen LogP contribution in [0.3, 0.4) is 0 Å². The van der Waals surface area contributed by atoms with Crippen LogP contribution in [0.4, 0.5) is 0 Å². The molecule has 17 heavy (non-hydrogen) atoms. The van der Waals surface area contributed by atoms with Crippen LogP contribution >= 0.6 is 0 Å². The lowest BCUT2D eigenvalue weighted by atomic mass is 10.0. The summed E-state index contributed by atoms with van der Waals surface area (Å²) in [5, 5.41) is 0.181. The van der Waals surface area contributed by atoms with Gasteiger partial charge in [-0.05, 0) is 50.4 Å². The summed E-state index contributed by atoms with van der Waals surface area (Å²) >= 11 is 0. The van der Waals surface area contributed by atoms with Crippen molar-refractivity contribution in [3.8, 4) is 0 Å². The first-order chi connectivity index (χ1) is 7.95. The highest BCUT2D eigenvalue weighted by Crippen LogP contribution is 2.19. The Morgan fingerprint density at radius 3 is 2.24 bits per heavy atom. The molecule has 96 valence electrons. The Bertz CT molecular complexity index is 392. The lowest BCUT2D eigenvalue weighted by Gasteiger charge is -2.14. The van der Waals surface area contributed by atoms with Crippen LogP contribution in [-0.4, -0.2) is 16.0 Å². The fraction of sp³-hybridized carbons (Fsp3) is 0.571. The van der Waals surface area contributed by atoms with E-state index in [4.69, 9.17) is 5.73 Å². The van der Waals surface area contributed by atoms with Crippen LogP contribution in [0.2, 0.25) is 0 Å². The van der Waals surface area contributed by atoms with Crippen LogP contribution in [0, 0.1) is 20.8 Å². The second-order valence-electron chi connectivity index (χ2n) is 4.79. The zero-order valence-electron chi connectivity index (χ0n) is 11.2. The number of nitrogens with two attached hydrogens (primary N) is 1. The molecule has 2 N–H and O–H groups in total. The summed E-state index contributed by atoms with van der Waals surface area (Å²) in [7, 11) is -0.823. The summed E-state index contributed by atoms with van der Waals surface area (Å²) in [6, 6.07) is 4.32. The Morgan fingerprint density at radius 2 is 1.76 bits per heavy atom. The van der Waals surface area contributed by atoms with E-state index < -0.39 is 10.8 Å². The Morgan fingerprint density at radius 1 is 1.24 bits per heavy atom. The highest BCUT2D eigenvalue weighted by molar-refractivity contribution is 7.84. The molecular formula is C14H23NOS. The predicted octanol–water partition coefficient (Wildman–Crippen LogP) is 2.60. The van der Waals surface area contributed by atoms with Crippen LogP contribution in [0.25, 0.3) is 0 Å². The minimum atomic E-state index is -0.823. The van der Waals surface area contributed by atoms with Gasteiger partial charge in [0.1, 0.15) is 0 Å². The Kier molecular flexibility index (Phi) is 5.34. The van der Waals surface area contributed by atoms with Crippen molar-refractivity contribution in [2.24, 2.45) is 5.73 Å². The normalized spacial score (nSPS) is 14.6. The first kappa shape index (κ1) is 14.4. The maximum atomic E-state index is 12.1. The third-order valence-electron chi connectivity index (χ3n) is 3.15. The summed E-state index contributed by atoms with van der Waals surface area (Å²) in [6.45, 7) is 8.92. The van der Waals surface area contributed by atoms with Gasteiger partial charge < -0.3 is 5.73 Å². The van der Waals surface area contributed by atoms with Gasteiger partial charge in [0.2, 0.25) is 0 Å². The Labute approximate surface area is 107 Å². The molecule has 0 saturated heterocycles. The molecule has 0 amide bonds. The van der Waals surface area contributed by atoms with Crippen molar-refractivity contribution in [1.82, 2.24) is 0 Å². The van der Waals surface area contributed by atoms with E-state index in [1.165, 1.54) is 22.3 Å². The fourth-order valence-corrected chi connectivity index (χ4v) is 3.51. The third-order valence-corrected chi connectivity index (χ3v) is 4.86. The monoisotopic (exact) mass is 253 g/mol. The fourth-order valence-electron chi connectivity index (χ4n) is 2.09. The van der Waals surface area contributed by atoms with E-state index in [9.17, 15) is 4.21 Å². The first-order valence-corrected chi connectivity index (χ1v) is 7.48. The Hall–Kier alpha value is -0.670. The summed E-state index contributed by atoms with van der Waals surface area (Å²) in [5.41, 5.74) is 10.5. The van der Waals surface area contributed by atoms with Crippen molar-refractivity contribution in [2.45, 2.75) is 45.1 Å². The van der Waals surface area contributed by atoms with Crippen molar-refractivity contribution in [2.75, 3.05) is 6.54 Å². The molecule has 0 aromatic heterocycles. The second kappa shape index (κ2) is 6.31. The molecule has 0 saturated carbocycles. The van der Waals surface area contributed by atoms with Crippen LogP contribution in [0.5, 0.6) is 0 Å². The molecule has 0 spiro atoms. The largest absolute Gasteiger partial charge is 0.330 e. The van der Waals surface area contributed by atoms with Gasteiger partial charge in [0.05, 0.1) is 0 Å². The molecular weight excluding hydrogens is 230 g/mol. The molecule has 0 aliphatic rings. The number of aryl methyl sites for hydroxylation is 3. The summed E-state index contributed by atoms with van der Waals surface area (Å²) in [4.78, 5) is 0. The van der Waals surface area contributed by atoms with Crippen molar-refractivity contribution < 1.29 is 4.21 Å². The maximum Gasteiger partial charge on any atom is 0.0493 e. The van der Waals surface area contributed by atoms with E-state index in [1.54, 1.807) is 0 Å². The van der Waals surface area contributed by atoms with Crippen LogP contribution in [-0.2, 0) is 16.6 Å². The number of benzene rings is 1. The van der Waals surface area contributed by atoms with E-state index in [0.29, 0.717) is 12.3 Å². The van der Waals surface area contributed by atoms with Gasteiger partial charge in [0.25, 0.3) is 0 Å². The SMILES string of the molecule is Cc1cc(C)c(CS(=O)C(C)CCN)c(C)c1. The van der Waals surface area contributed by atoms with Gasteiger partial charge in [-0.15, -0.1) is 0 Å². The zero-order chi connectivity index (χ0) is 13.0. The van der Waals surface area contributed by atoms with E-state index in [2.05, 4.69) is 32.9 Å². The van der Waals surface area contributed by atoms with Crippen molar-refractivity contribution in [3.05, 3.63) is 34.4 Å². The molecule has 2 nitrogen and oxygen atoms in total. The Balaban J connectivity index is 2.85. The molecule has 0 aliphatic carbocycles. The average molecular weight is 253 g/mol. The van der Waals surface area contributed by atoms with Gasteiger partial charge in [-0.25, -0.2) is 0 Å². The van der Waals surface area contributed by atoms with Crippen LogP contribution in [0.1, 0.15) is 35.6 Å². The average Bonchev–Trinajstić information content (AvgIpc) is 2.23. The molecule has 1 aromatic carbocycles. The summed E-state index contributed by atoms with van der Waals surface area (Å²) in [5.74, 6) is 0.652. The topological polar surface area (TPSA) is 43.1 Å². The highest BCUT2D eigenvalue weighted by atomic mass is 32.2. The van der Waals surface area contributed by atoms with Gasteiger partial charge >= 0.3 is 0 Å². The van der Waals surface area contributed by atoms with Gasteiger partial charge in [0, 0.05) is 21.8 Å². The van der Waals surface area contributed by atoms with Gasteiger partial charge in [0.15, 0.2) is 0 Å². The van der Waals surface area contributed by atoms with Gasteiger partial charge in [-0.2, -0.15) is 0 Å². The molecule has 3 heteroatoms. The maximum absolute atomic E-state index is 12.1. The predicted molar refractivity (Wildman–Crippen MR) is 75.6 cm³/mol. The van der Waals surface area contributed by atoms with E-state index in [1.807, 2.05) is 6.92 Å².